The van der Waals surface area contributed by atoms with Crippen molar-refractivity contribution >= 4 is 87.9 Å². The van der Waals surface area contributed by atoms with Crippen molar-refractivity contribution in [2.45, 2.75) is 212 Å². The third kappa shape index (κ3) is 13.6. The zero-order valence-electron chi connectivity index (χ0n) is 84.4. The second kappa shape index (κ2) is 31.9. The minimum absolute atomic E-state index is 0.0343. The summed E-state index contributed by atoms with van der Waals surface area (Å²) in [6, 6.07) is 69.1. The van der Waals surface area contributed by atoms with Crippen LogP contribution in [0.4, 0.5) is 0 Å². The van der Waals surface area contributed by atoms with Gasteiger partial charge in [-0.05, 0) is 234 Å². The van der Waals surface area contributed by atoms with Gasteiger partial charge >= 0.3 is 0 Å². The molecule has 4 aliphatic carbocycles. The number of rotatable bonds is 8. The Hall–Kier alpha value is -13.8. The van der Waals surface area contributed by atoms with Crippen LogP contribution in [0.3, 0.4) is 0 Å². The molecule has 24 rings (SSSR count). The van der Waals surface area contributed by atoms with E-state index in [2.05, 4.69) is 413 Å². The summed E-state index contributed by atoms with van der Waals surface area (Å²) in [5, 5.41) is 9.29. The van der Waals surface area contributed by atoms with Crippen molar-refractivity contribution < 1.29 is 35.9 Å². The summed E-state index contributed by atoms with van der Waals surface area (Å²) in [7, 11) is 8.53. The maximum absolute atomic E-state index is 6.71. The number of hydrogen-bond donors (Lipinski definition) is 0. The Morgan fingerprint density at radius 1 is 0.257 bits per heavy atom. The zero-order valence-corrected chi connectivity index (χ0v) is 84.4. The van der Waals surface area contributed by atoms with Crippen LogP contribution in [0.15, 0.2) is 243 Å². The minimum atomic E-state index is -0.145. The highest BCUT2D eigenvalue weighted by Gasteiger charge is 2.43. The average Bonchev–Trinajstić information content (AvgIpc) is 1.57. The Bertz CT molecular complexity index is 7870. The van der Waals surface area contributed by atoms with Gasteiger partial charge in [-0.25, -0.2) is 23.3 Å². The van der Waals surface area contributed by atoms with Crippen LogP contribution in [0.2, 0.25) is 0 Å². The molecular weight excluding hydrogens is 1660 g/mol. The van der Waals surface area contributed by atoms with Gasteiger partial charge in [0.25, 0.3) is 0 Å². The summed E-state index contributed by atoms with van der Waals surface area (Å²) in [5.74, 6) is 1.87. The van der Waals surface area contributed by atoms with Crippen LogP contribution in [0.5, 0.6) is 0 Å². The summed E-state index contributed by atoms with van der Waals surface area (Å²) in [5.41, 5.74) is 52.3. The highest BCUT2D eigenvalue weighted by molar-refractivity contribution is 6.15. The number of furan rings is 4. The predicted octanol–water partition coefficient (Wildman–Crippen LogP) is 30.7. The lowest BCUT2D eigenvalue weighted by Crippen LogP contribution is -2.32. The van der Waals surface area contributed by atoms with Gasteiger partial charge < -0.3 is 17.7 Å². The molecule has 11 heterocycles. The van der Waals surface area contributed by atoms with Gasteiger partial charge in [0.05, 0.1) is 39.3 Å². The molecule has 680 valence electrons. The third-order valence-electron chi connectivity index (χ3n) is 31.2. The molecule has 11 nitrogen and oxygen atoms in total. The van der Waals surface area contributed by atoms with Gasteiger partial charge in [-0.3, -0.25) is 9.97 Å². The first-order valence-electron chi connectivity index (χ1n) is 48.7. The lowest BCUT2D eigenvalue weighted by molar-refractivity contribution is -0.660. The molecule has 0 bridgehead atoms. The van der Waals surface area contributed by atoms with Gasteiger partial charge in [0.2, 0.25) is 28.5 Å². The van der Waals surface area contributed by atoms with E-state index in [1.54, 1.807) is 0 Å². The normalized spacial score (nSPS) is 14.2. The molecule has 0 saturated carbocycles. The fraction of sp³-hybridized carbons (Fsp3) is 0.288. The molecule has 0 aliphatic heterocycles. The highest BCUT2D eigenvalue weighted by Crippen LogP contribution is 2.57. The molecular formula is C125H125N7O4+4. The van der Waals surface area contributed by atoms with Crippen molar-refractivity contribution in [1.29, 1.82) is 0 Å². The summed E-state index contributed by atoms with van der Waals surface area (Å²) >= 11 is 0. The molecule has 11 heteroatoms. The molecule has 0 atom stereocenters. The Morgan fingerprint density at radius 3 is 0.956 bits per heavy atom. The number of fused-ring (bicyclic) bond motifs is 24. The zero-order chi connectivity index (χ0) is 95.8. The largest absolute Gasteiger partial charge is 0.455 e. The number of hydrogen-bond acceptors (Lipinski definition) is 7. The molecule has 0 amide bonds. The monoisotopic (exact) mass is 1790 g/mol. The summed E-state index contributed by atoms with van der Waals surface area (Å²) in [6.45, 7) is 53.9. The van der Waals surface area contributed by atoms with Crippen LogP contribution in [0, 0.1) is 55.4 Å². The average molecular weight is 1790 g/mol. The van der Waals surface area contributed by atoms with Gasteiger partial charge in [-0.1, -0.05) is 220 Å². The van der Waals surface area contributed by atoms with E-state index in [9.17, 15) is 0 Å². The summed E-state index contributed by atoms with van der Waals surface area (Å²) in [4.78, 5) is 14.6. The maximum Gasteiger partial charge on any atom is 0.227 e. The van der Waals surface area contributed by atoms with Crippen molar-refractivity contribution in [3.8, 4) is 89.7 Å². The fourth-order valence-electron chi connectivity index (χ4n) is 23.9. The second-order valence-corrected chi connectivity index (χ2v) is 43.0. The Balaban J connectivity index is 0.000000108. The van der Waals surface area contributed by atoms with Gasteiger partial charge in [-0.2, -0.15) is 0 Å². The van der Waals surface area contributed by atoms with Crippen molar-refractivity contribution in [2.75, 3.05) is 0 Å². The number of aromatic nitrogens is 7. The van der Waals surface area contributed by atoms with Crippen LogP contribution in [0.25, 0.3) is 178 Å². The molecule has 0 fully saturated rings. The van der Waals surface area contributed by atoms with E-state index in [-0.39, 0.29) is 21.7 Å². The standard InChI is InChI=1S/C32H32NO.3C31H31N2O/c1-18(2)23-15-28(33(7)17-20(23)4)30-19(3)12-13-22-25-14-24-21-10-8-9-11-26(21)32(5,6)27(24)16-29(25)34-31(22)30;1-17(2)22-14-26(33(7)16-19(22)4)28-18(3)10-11-20-24-13-25-23(15-27(24)34-29(20)28)21-9-8-12-32-30(21)31(25,5)6;1-17(2)22-14-26(33(7)16-19(22)4)28-18(3)10-11-20-24-13-23-21-9-8-12-32-30(21)31(5,6)25(23)15-27(24)34-29(20)28;1-17(2)22-15-26(33(7)16-19(22)4)27-18(3)12-13-20-23-14-25-28(32-30(23)34-29(20)27)21-10-8-9-11-24(21)31(25,5)6/h8-18H,1-7H3;3*8-17H,1-7H3/q4*+1. The molecule has 0 saturated heterocycles. The number of aryl methyl sites for hydroxylation is 12. The summed E-state index contributed by atoms with van der Waals surface area (Å²) in [6.07, 6.45) is 12.8. The van der Waals surface area contributed by atoms with E-state index in [0.29, 0.717) is 29.4 Å². The smallest absolute Gasteiger partial charge is 0.227 e. The Morgan fingerprint density at radius 2 is 0.559 bits per heavy atom. The molecule has 0 spiro atoms. The molecule has 136 heavy (non-hydrogen) atoms. The molecule has 0 radical (unpaired) electrons. The van der Waals surface area contributed by atoms with Gasteiger partial charge in [0.1, 0.15) is 61.7 Å². The van der Waals surface area contributed by atoms with Crippen molar-refractivity contribution in [3.63, 3.8) is 0 Å². The van der Waals surface area contributed by atoms with Crippen LogP contribution in [-0.2, 0) is 49.9 Å². The number of pyridine rings is 7. The molecule has 4 aliphatic rings. The Labute approximate surface area is 799 Å². The molecule has 0 unspecified atom stereocenters. The van der Waals surface area contributed by atoms with E-state index in [4.69, 9.17) is 32.6 Å². The van der Waals surface area contributed by atoms with Crippen LogP contribution in [-0.4, -0.2) is 15.0 Å². The highest BCUT2D eigenvalue weighted by atomic mass is 16.3. The third-order valence-corrected chi connectivity index (χ3v) is 31.2. The van der Waals surface area contributed by atoms with Crippen LogP contribution in [0.1, 0.15) is 246 Å². The van der Waals surface area contributed by atoms with E-state index in [1.807, 2.05) is 24.5 Å². The first-order chi connectivity index (χ1) is 64.7. The van der Waals surface area contributed by atoms with E-state index in [0.717, 1.165) is 72.5 Å². The Kier molecular flexibility index (Phi) is 20.9. The van der Waals surface area contributed by atoms with E-state index in [1.165, 1.54) is 211 Å². The fourth-order valence-corrected chi connectivity index (χ4v) is 23.9. The van der Waals surface area contributed by atoms with Crippen molar-refractivity contribution in [3.05, 3.63) is 337 Å². The lowest BCUT2D eigenvalue weighted by atomic mass is 9.82. The minimum Gasteiger partial charge on any atom is -0.455 e. The van der Waals surface area contributed by atoms with E-state index < -0.39 is 0 Å². The quantitative estimate of drug-likeness (QED) is 0.140. The van der Waals surface area contributed by atoms with Crippen molar-refractivity contribution in [1.82, 2.24) is 15.0 Å². The van der Waals surface area contributed by atoms with E-state index >= 15 is 0 Å². The predicted molar refractivity (Wildman–Crippen MR) is 559 cm³/mol. The lowest BCUT2D eigenvalue weighted by Gasteiger charge is -2.21. The second-order valence-electron chi connectivity index (χ2n) is 43.0. The molecule has 0 N–H and O–H groups in total. The number of benzene rings is 9. The topological polar surface area (TPSA) is 107 Å². The van der Waals surface area contributed by atoms with Gasteiger partial charge in [0, 0.05) is 140 Å². The SMILES string of the molecule is Cc1c[n+](C)c(-c2c(C)ccc3c2oc2cc4c(cc23)-c2ccccc2C4(C)C)cc1C(C)C.Cc1c[n+](C)c(-c2c(C)ccc3c2oc2cc4c(cc23)-c2cccnc2C4(C)C)cc1C(C)C.Cc1c[n+](C)c(-c2c(C)ccc3c2oc2cc4c(cc23)C(C)(C)c2ncccc2-4)cc1C(C)C.Cc1c[n+](C)c(-c2c(C)ccc3c2oc2nc4c(cc23)C(C)(C)c2ccccc2-4)cc1C(C)C. The maximum atomic E-state index is 6.71. The van der Waals surface area contributed by atoms with Crippen LogP contribution >= 0.6 is 0 Å². The first-order valence-corrected chi connectivity index (χ1v) is 48.7. The molecule has 9 aromatic carbocycles. The van der Waals surface area contributed by atoms with Gasteiger partial charge in [0.15, 0.2) is 30.4 Å². The number of nitrogens with zero attached hydrogens (tertiary/aromatic N) is 7. The molecule has 20 aromatic rings. The van der Waals surface area contributed by atoms with Crippen molar-refractivity contribution in [2.24, 2.45) is 28.2 Å². The van der Waals surface area contributed by atoms with Crippen LogP contribution < -0.4 is 18.3 Å². The molecule has 11 aromatic heterocycles. The first kappa shape index (κ1) is 88.8. The van der Waals surface area contributed by atoms with Gasteiger partial charge in [-0.15, -0.1) is 0 Å². The summed E-state index contributed by atoms with van der Waals surface area (Å²) < 4.78 is 35.6.